The topological polar surface area (TPSA) is 94.8 Å². The Morgan fingerprint density at radius 2 is 1.57 bits per heavy atom. The zero-order valence-corrected chi connectivity index (χ0v) is 15.1. The molecule has 23 heavy (non-hydrogen) atoms. The Morgan fingerprint density at radius 3 is 1.87 bits per heavy atom. The van der Waals surface area contributed by atoms with Crippen LogP contribution in [0.4, 0.5) is 0 Å². The third-order valence-corrected chi connectivity index (χ3v) is 7.52. The van der Waals surface area contributed by atoms with E-state index >= 15 is 0 Å². The van der Waals surface area contributed by atoms with E-state index in [1.165, 1.54) is 0 Å². The molecule has 1 aromatic carbocycles. The van der Waals surface area contributed by atoms with E-state index in [0.29, 0.717) is 12.8 Å². The monoisotopic (exact) mass is 342 g/mol. The van der Waals surface area contributed by atoms with Crippen LogP contribution < -0.4 is 0 Å². The summed E-state index contributed by atoms with van der Waals surface area (Å²) < 4.78 is 12.3. The highest BCUT2D eigenvalue weighted by Crippen LogP contribution is 2.67. The predicted molar refractivity (Wildman–Crippen MR) is 90.6 cm³/mol. The van der Waals surface area contributed by atoms with Gasteiger partial charge in [0, 0.05) is 5.41 Å². The highest BCUT2D eigenvalue weighted by molar-refractivity contribution is 7.54. The molecular weight excluding hydrogens is 315 g/mol. The minimum Gasteiger partial charge on any atom is -0.480 e. The van der Waals surface area contributed by atoms with Crippen LogP contribution in [-0.2, 0) is 9.36 Å². The molecule has 0 saturated carbocycles. The van der Waals surface area contributed by atoms with Crippen molar-refractivity contribution in [2.75, 3.05) is 0 Å². The molecule has 5 nitrogen and oxygen atoms in total. The first kappa shape index (κ1) is 19.9. The van der Waals surface area contributed by atoms with E-state index in [-0.39, 0.29) is 12.3 Å². The van der Waals surface area contributed by atoms with E-state index in [1.54, 1.807) is 6.92 Å². The van der Waals surface area contributed by atoms with Crippen molar-refractivity contribution in [3.05, 3.63) is 35.9 Å². The van der Waals surface area contributed by atoms with Gasteiger partial charge in [0.15, 0.2) is 5.16 Å². The maximum absolute atomic E-state index is 12.3. The minimum atomic E-state index is -4.89. The van der Waals surface area contributed by atoms with Crippen molar-refractivity contribution in [3.8, 4) is 0 Å². The van der Waals surface area contributed by atoms with Crippen molar-refractivity contribution in [2.45, 2.75) is 58.0 Å². The number of carboxylic acid groups (broad SMARTS) is 1. The van der Waals surface area contributed by atoms with Gasteiger partial charge in [0.05, 0.1) is 0 Å². The molecule has 2 unspecified atom stereocenters. The second kappa shape index (κ2) is 7.16. The Bertz CT molecular complexity index is 576. The van der Waals surface area contributed by atoms with Crippen molar-refractivity contribution in [2.24, 2.45) is 5.41 Å². The van der Waals surface area contributed by atoms with E-state index in [2.05, 4.69) is 0 Å². The van der Waals surface area contributed by atoms with E-state index in [0.717, 1.165) is 5.56 Å². The summed E-state index contributed by atoms with van der Waals surface area (Å²) in [7, 11) is -4.89. The number of hydrogen-bond acceptors (Lipinski definition) is 2. The highest BCUT2D eigenvalue weighted by atomic mass is 31.2. The zero-order valence-electron chi connectivity index (χ0n) is 14.2. The van der Waals surface area contributed by atoms with Gasteiger partial charge >= 0.3 is 13.6 Å². The van der Waals surface area contributed by atoms with Gasteiger partial charge in [-0.3, -0.25) is 9.36 Å². The van der Waals surface area contributed by atoms with Gasteiger partial charge in [-0.05, 0) is 30.7 Å². The average molecular weight is 342 g/mol. The number of rotatable bonds is 8. The molecule has 2 atom stereocenters. The van der Waals surface area contributed by atoms with Crippen LogP contribution in [-0.4, -0.2) is 26.0 Å². The molecule has 0 spiro atoms. The molecule has 0 heterocycles. The highest BCUT2D eigenvalue weighted by Gasteiger charge is 2.66. The van der Waals surface area contributed by atoms with Crippen LogP contribution in [0.1, 0.15) is 58.4 Å². The normalized spacial score (nSPS) is 16.6. The van der Waals surface area contributed by atoms with Crippen LogP contribution in [0.15, 0.2) is 30.3 Å². The third kappa shape index (κ3) is 2.98. The summed E-state index contributed by atoms with van der Waals surface area (Å²) in [5.74, 6) is -1.72. The van der Waals surface area contributed by atoms with Gasteiger partial charge in [-0.15, -0.1) is 0 Å². The van der Waals surface area contributed by atoms with Crippen molar-refractivity contribution in [1.82, 2.24) is 0 Å². The lowest BCUT2D eigenvalue weighted by Crippen LogP contribution is -2.55. The largest absolute Gasteiger partial charge is 0.480 e. The summed E-state index contributed by atoms with van der Waals surface area (Å²) in [6.45, 7) is 7.04. The summed E-state index contributed by atoms with van der Waals surface area (Å²) in [6, 6.07) is 9.34. The second-order valence-corrected chi connectivity index (χ2v) is 7.91. The van der Waals surface area contributed by atoms with Crippen LogP contribution in [0.3, 0.4) is 0 Å². The van der Waals surface area contributed by atoms with Gasteiger partial charge in [0.2, 0.25) is 0 Å². The van der Waals surface area contributed by atoms with Gasteiger partial charge in [-0.25, -0.2) is 0 Å². The summed E-state index contributed by atoms with van der Waals surface area (Å²) in [5, 5.41) is 7.76. The van der Waals surface area contributed by atoms with E-state index in [4.69, 9.17) is 0 Å². The Morgan fingerprint density at radius 1 is 1.09 bits per heavy atom. The Labute approximate surface area is 137 Å². The number of benzene rings is 1. The molecule has 6 heteroatoms. The zero-order chi connectivity index (χ0) is 17.9. The lowest BCUT2D eigenvalue weighted by Gasteiger charge is -2.50. The molecule has 1 aromatic rings. The predicted octanol–water partition coefficient (Wildman–Crippen LogP) is 4.01. The van der Waals surface area contributed by atoms with Gasteiger partial charge in [-0.1, -0.05) is 58.0 Å². The summed E-state index contributed by atoms with van der Waals surface area (Å²) in [4.78, 5) is 32.2. The number of carboxylic acids is 1. The van der Waals surface area contributed by atoms with Gasteiger partial charge in [0.25, 0.3) is 0 Å². The molecule has 0 saturated heterocycles. The van der Waals surface area contributed by atoms with Crippen LogP contribution in [0.25, 0.3) is 0 Å². The lowest BCUT2D eigenvalue weighted by atomic mass is 9.60. The van der Waals surface area contributed by atoms with Crippen molar-refractivity contribution in [3.63, 3.8) is 0 Å². The van der Waals surface area contributed by atoms with Crippen molar-refractivity contribution < 1.29 is 24.3 Å². The molecule has 0 aromatic heterocycles. The van der Waals surface area contributed by atoms with Crippen LogP contribution in [0.2, 0.25) is 0 Å². The fourth-order valence-electron chi connectivity index (χ4n) is 4.20. The molecule has 0 amide bonds. The lowest BCUT2D eigenvalue weighted by molar-refractivity contribution is -0.146. The number of carbonyl (C=O) groups is 1. The summed E-state index contributed by atoms with van der Waals surface area (Å²) in [6.07, 6.45) is 0.612. The smallest absolute Gasteiger partial charge is 0.343 e. The molecule has 0 fully saturated rings. The standard InChI is InChI=1S/C17H27O5P/c1-5-16(6-2,13(4)14-11-9-8-10-12-14)17(7-3,15(18)19)23(20,21)22/h8-13H,5-7H2,1-4H3,(H,18,19)(H2,20,21,22). The van der Waals surface area contributed by atoms with Crippen molar-refractivity contribution >= 4 is 13.6 Å². The molecule has 130 valence electrons. The van der Waals surface area contributed by atoms with Crippen molar-refractivity contribution in [1.29, 1.82) is 0 Å². The van der Waals surface area contributed by atoms with E-state index in [1.807, 2.05) is 51.1 Å². The van der Waals surface area contributed by atoms with E-state index < -0.39 is 24.1 Å². The number of aliphatic carboxylic acids is 1. The fraction of sp³-hybridized carbons (Fsp3) is 0.588. The quantitative estimate of drug-likeness (QED) is 0.621. The molecule has 3 N–H and O–H groups in total. The second-order valence-electron chi connectivity index (χ2n) is 6.06. The number of hydrogen-bond donors (Lipinski definition) is 3. The molecule has 0 bridgehead atoms. The first-order valence-electron chi connectivity index (χ1n) is 7.98. The molecule has 0 aliphatic heterocycles. The van der Waals surface area contributed by atoms with Crippen LogP contribution in [0.5, 0.6) is 0 Å². The summed E-state index contributed by atoms with van der Waals surface area (Å²) in [5.41, 5.74) is -0.155. The molecular formula is C17H27O5P. The molecule has 1 rings (SSSR count). The first-order valence-corrected chi connectivity index (χ1v) is 9.59. The molecule has 0 radical (unpaired) electrons. The third-order valence-electron chi connectivity index (χ3n) is 5.58. The van der Waals surface area contributed by atoms with Crippen LogP contribution >= 0.6 is 7.60 Å². The van der Waals surface area contributed by atoms with Crippen LogP contribution in [0, 0.1) is 5.41 Å². The van der Waals surface area contributed by atoms with E-state index in [9.17, 15) is 24.3 Å². The Hall–Kier alpha value is -1.16. The van der Waals surface area contributed by atoms with Gasteiger partial charge in [0.1, 0.15) is 0 Å². The van der Waals surface area contributed by atoms with Gasteiger partial charge < -0.3 is 14.9 Å². The summed E-state index contributed by atoms with van der Waals surface area (Å²) >= 11 is 0. The first-order chi connectivity index (χ1) is 10.6. The maximum atomic E-state index is 12.3. The Balaban J connectivity index is 3.71. The van der Waals surface area contributed by atoms with Gasteiger partial charge in [-0.2, -0.15) is 0 Å². The average Bonchev–Trinajstić information content (AvgIpc) is 2.51. The minimum absolute atomic E-state index is 0.120. The maximum Gasteiger partial charge on any atom is 0.343 e. The Kier molecular flexibility index (Phi) is 6.19. The molecule has 0 aliphatic carbocycles. The fourth-order valence-corrected chi connectivity index (χ4v) is 5.95. The SMILES string of the molecule is CCC(CC)(C(C)c1ccccc1)C(CC)(C(=O)O)P(=O)(O)O. The molecule has 0 aliphatic rings.